The van der Waals surface area contributed by atoms with Crippen molar-refractivity contribution in [3.63, 3.8) is 0 Å². The van der Waals surface area contributed by atoms with Gasteiger partial charge in [-0.3, -0.25) is 4.79 Å². The van der Waals surface area contributed by atoms with Crippen LogP contribution in [-0.4, -0.2) is 45.6 Å². The van der Waals surface area contributed by atoms with E-state index in [0.29, 0.717) is 44.7 Å². The smallest absolute Gasteiger partial charge is 0.291 e. The molecule has 0 saturated heterocycles. The SMILES string of the molecule is COc1ccc(-c2nn(-c3cccc(Cl)c3)cc2-c2c(C#N)c(=O)n3nc(-c4ccc(N(C)C)cc4)[nH]c3c2C#N)cc1. The van der Waals surface area contributed by atoms with Gasteiger partial charge in [0.25, 0.3) is 5.56 Å². The van der Waals surface area contributed by atoms with Crippen LogP contribution in [0.15, 0.2) is 83.8 Å². The van der Waals surface area contributed by atoms with E-state index < -0.39 is 5.56 Å². The van der Waals surface area contributed by atoms with Gasteiger partial charge < -0.3 is 14.6 Å². The molecular weight excluding hydrogens is 564 g/mol. The van der Waals surface area contributed by atoms with Crippen molar-refractivity contribution in [3.05, 3.63) is 105 Å². The second-order valence-corrected chi connectivity index (χ2v) is 10.3. The third-order valence-electron chi connectivity index (χ3n) is 7.09. The van der Waals surface area contributed by atoms with Crippen LogP contribution in [0, 0.1) is 22.7 Å². The van der Waals surface area contributed by atoms with Crippen LogP contribution in [0.5, 0.6) is 5.75 Å². The molecular formula is C32H23ClN8O2. The highest BCUT2D eigenvalue weighted by molar-refractivity contribution is 6.30. The minimum atomic E-state index is -0.657. The molecule has 0 saturated carbocycles. The Morgan fingerprint density at radius 3 is 2.26 bits per heavy atom. The van der Waals surface area contributed by atoms with E-state index >= 15 is 0 Å². The summed E-state index contributed by atoms with van der Waals surface area (Å²) in [6.45, 7) is 0. The third kappa shape index (κ3) is 4.76. The molecule has 0 aliphatic carbocycles. The number of nitrogens with zero attached hydrogens (tertiary/aromatic N) is 7. The molecule has 1 N–H and O–H groups in total. The quantitative estimate of drug-likeness (QED) is 0.266. The highest BCUT2D eigenvalue weighted by Crippen LogP contribution is 2.37. The van der Waals surface area contributed by atoms with E-state index in [0.717, 1.165) is 10.2 Å². The normalized spacial score (nSPS) is 10.8. The number of fused-ring (bicyclic) bond motifs is 1. The predicted molar refractivity (Wildman–Crippen MR) is 165 cm³/mol. The predicted octanol–water partition coefficient (Wildman–Crippen LogP) is 5.68. The maximum Gasteiger partial charge on any atom is 0.291 e. The molecule has 0 spiro atoms. The summed E-state index contributed by atoms with van der Waals surface area (Å²) in [5, 5.41) is 30.5. The van der Waals surface area contributed by atoms with Crippen molar-refractivity contribution in [2.24, 2.45) is 0 Å². The molecule has 0 bridgehead atoms. The number of H-pyrrole nitrogens is 1. The molecule has 0 radical (unpaired) electrons. The fourth-order valence-corrected chi connectivity index (χ4v) is 5.10. The first-order chi connectivity index (χ1) is 20.8. The van der Waals surface area contributed by atoms with E-state index in [-0.39, 0.29) is 22.3 Å². The Morgan fingerprint density at radius 1 is 0.930 bits per heavy atom. The first-order valence-corrected chi connectivity index (χ1v) is 13.5. The summed E-state index contributed by atoms with van der Waals surface area (Å²) in [5.74, 6) is 1.03. The molecule has 11 heteroatoms. The Bertz CT molecular complexity index is 2140. The fourth-order valence-electron chi connectivity index (χ4n) is 4.91. The average molecular weight is 587 g/mol. The molecule has 0 atom stereocenters. The number of hydrogen-bond donors (Lipinski definition) is 1. The van der Waals surface area contributed by atoms with Crippen LogP contribution in [0.3, 0.4) is 0 Å². The molecule has 0 unspecified atom stereocenters. The third-order valence-corrected chi connectivity index (χ3v) is 7.33. The lowest BCUT2D eigenvalue weighted by atomic mass is 9.95. The number of methoxy groups -OCH3 is 1. The highest BCUT2D eigenvalue weighted by atomic mass is 35.5. The molecule has 6 rings (SSSR count). The molecule has 0 fully saturated rings. The van der Waals surface area contributed by atoms with Gasteiger partial charge in [-0.1, -0.05) is 17.7 Å². The minimum absolute atomic E-state index is 0.0835. The lowest BCUT2D eigenvalue weighted by Gasteiger charge is -2.11. The zero-order valence-electron chi connectivity index (χ0n) is 23.3. The molecule has 3 aromatic carbocycles. The number of halogens is 1. The van der Waals surface area contributed by atoms with Crippen molar-refractivity contribution in [2.75, 3.05) is 26.1 Å². The summed E-state index contributed by atoms with van der Waals surface area (Å²) < 4.78 is 8.00. The number of ether oxygens (including phenoxy) is 1. The Hall–Kier alpha value is -5.84. The largest absolute Gasteiger partial charge is 0.497 e. The summed E-state index contributed by atoms with van der Waals surface area (Å²) >= 11 is 6.27. The zero-order valence-corrected chi connectivity index (χ0v) is 24.1. The van der Waals surface area contributed by atoms with Crippen LogP contribution >= 0.6 is 11.6 Å². The molecule has 0 amide bonds. The fraction of sp³-hybridized carbons (Fsp3) is 0.0938. The number of pyridine rings is 1. The summed E-state index contributed by atoms with van der Waals surface area (Å²) in [6.07, 6.45) is 1.69. The Balaban J connectivity index is 1.63. The van der Waals surface area contributed by atoms with Crippen LogP contribution in [0.25, 0.3) is 45.1 Å². The summed E-state index contributed by atoms with van der Waals surface area (Å²) in [5.41, 5.74) is 3.46. The average Bonchev–Trinajstić information content (AvgIpc) is 3.67. The van der Waals surface area contributed by atoms with Crippen molar-refractivity contribution in [1.29, 1.82) is 10.5 Å². The van der Waals surface area contributed by atoms with E-state index in [2.05, 4.69) is 16.2 Å². The lowest BCUT2D eigenvalue weighted by molar-refractivity contribution is 0.415. The number of aromatic nitrogens is 5. The van der Waals surface area contributed by atoms with Crippen molar-refractivity contribution in [1.82, 2.24) is 24.4 Å². The van der Waals surface area contributed by atoms with Crippen LogP contribution in [0.1, 0.15) is 11.1 Å². The molecule has 6 aromatic rings. The van der Waals surface area contributed by atoms with Crippen LogP contribution in [0.4, 0.5) is 5.69 Å². The second-order valence-electron chi connectivity index (χ2n) is 9.87. The van der Waals surface area contributed by atoms with Gasteiger partial charge in [0.15, 0.2) is 11.5 Å². The zero-order chi connectivity index (χ0) is 30.2. The van der Waals surface area contributed by atoms with Crippen molar-refractivity contribution >= 4 is 22.9 Å². The number of hydrogen-bond acceptors (Lipinski definition) is 7. The van der Waals surface area contributed by atoms with Gasteiger partial charge in [-0.15, -0.1) is 5.10 Å². The number of nitrogens with one attached hydrogen (secondary N) is 1. The number of aromatic amines is 1. The number of nitriles is 2. The Kier molecular flexibility index (Phi) is 6.90. The van der Waals surface area contributed by atoms with E-state index in [1.807, 2.05) is 67.5 Å². The van der Waals surface area contributed by atoms with Gasteiger partial charge in [0.05, 0.1) is 12.8 Å². The molecule has 210 valence electrons. The molecule has 3 aromatic heterocycles. The van der Waals surface area contributed by atoms with Gasteiger partial charge in [0.1, 0.15) is 34.7 Å². The van der Waals surface area contributed by atoms with E-state index in [4.69, 9.17) is 21.4 Å². The summed E-state index contributed by atoms with van der Waals surface area (Å²) in [4.78, 5) is 18.9. The van der Waals surface area contributed by atoms with Gasteiger partial charge in [-0.2, -0.15) is 20.1 Å². The van der Waals surface area contributed by atoms with Gasteiger partial charge in [0, 0.05) is 53.3 Å². The van der Waals surface area contributed by atoms with Crippen molar-refractivity contribution in [3.8, 4) is 57.3 Å². The highest BCUT2D eigenvalue weighted by Gasteiger charge is 2.27. The number of rotatable bonds is 6. The van der Waals surface area contributed by atoms with E-state index in [1.165, 1.54) is 0 Å². The Morgan fingerprint density at radius 2 is 1.63 bits per heavy atom. The molecule has 10 nitrogen and oxygen atoms in total. The van der Waals surface area contributed by atoms with Crippen LogP contribution < -0.4 is 15.2 Å². The summed E-state index contributed by atoms with van der Waals surface area (Å²) in [6, 6.07) is 26.2. The lowest BCUT2D eigenvalue weighted by Crippen LogP contribution is -2.20. The topological polar surface area (TPSA) is 128 Å². The summed E-state index contributed by atoms with van der Waals surface area (Å²) in [7, 11) is 5.45. The second kappa shape index (κ2) is 10.9. The molecule has 0 aliphatic rings. The van der Waals surface area contributed by atoms with Crippen LogP contribution in [0.2, 0.25) is 5.02 Å². The first kappa shape index (κ1) is 27.3. The molecule has 3 heterocycles. The van der Waals surface area contributed by atoms with Crippen molar-refractivity contribution in [2.45, 2.75) is 0 Å². The van der Waals surface area contributed by atoms with Gasteiger partial charge in [0.2, 0.25) is 0 Å². The minimum Gasteiger partial charge on any atom is -0.497 e. The molecule has 43 heavy (non-hydrogen) atoms. The van der Waals surface area contributed by atoms with Gasteiger partial charge >= 0.3 is 0 Å². The maximum absolute atomic E-state index is 13.7. The molecule has 0 aliphatic heterocycles. The number of benzene rings is 3. The van der Waals surface area contributed by atoms with Crippen LogP contribution in [-0.2, 0) is 0 Å². The van der Waals surface area contributed by atoms with Gasteiger partial charge in [-0.25, -0.2) is 4.68 Å². The van der Waals surface area contributed by atoms with E-state index in [1.54, 1.807) is 48.3 Å². The van der Waals surface area contributed by atoms with Gasteiger partial charge in [-0.05, 0) is 66.7 Å². The Labute approximate surface area is 251 Å². The number of anilines is 1. The first-order valence-electron chi connectivity index (χ1n) is 13.1. The monoisotopic (exact) mass is 586 g/mol. The maximum atomic E-state index is 13.7. The van der Waals surface area contributed by atoms with E-state index in [9.17, 15) is 15.3 Å². The standard InChI is InChI=1S/C32H23ClN8O2/c1-39(2)22-11-7-20(8-12-22)30-36-31-25(16-34)28(26(17-35)32(42)41(31)38-30)27-18-40(23-6-4-5-21(33)15-23)37-29(27)19-9-13-24(43-3)14-10-19/h4-15,18H,1-3H3,(H,36,38). The van der Waals surface area contributed by atoms with Crippen molar-refractivity contribution < 1.29 is 4.74 Å².